The average molecular weight is 363 g/mol. The Morgan fingerprint density at radius 1 is 1.30 bits per heavy atom. The molecule has 0 saturated heterocycles. The van der Waals surface area contributed by atoms with Gasteiger partial charge in [-0.2, -0.15) is 8.42 Å². The van der Waals surface area contributed by atoms with Crippen molar-refractivity contribution in [2.75, 3.05) is 11.8 Å². The van der Waals surface area contributed by atoms with Crippen LogP contribution in [0.5, 0.6) is 0 Å². The number of furan rings is 1. The molecule has 1 aromatic heterocycles. The van der Waals surface area contributed by atoms with Crippen molar-refractivity contribution in [2.45, 2.75) is 11.6 Å². The van der Waals surface area contributed by atoms with Crippen LogP contribution < -0.4 is 10.0 Å². The lowest BCUT2D eigenvalue weighted by molar-refractivity contribution is 0.408. The van der Waals surface area contributed by atoms with Gasteiger partial charge >= 0.3 is 0 Å². The molecular weight excluding hydrogens is 351 g/mol. The summed E-state index contributed by atoms with van der Waals surface area (Å²) < 4.78 is 45.0. The van der Waals surface area contributed by atoms with Gasteiger partial charge < -0.3 is 9.73 Å². The van der Waals surface area contributed by atoms with Crippen molar-refractivity contribution in [2.24, 2.45) is 0 Å². The van der Waals surface area contributed by atoms with E-state index in [2.05, 4.69) is 26.0 Å². The van der Waals surface area contributed by atoms with Crippen molar-refractivity contribution in [1.82, 2.24) is 5.32 Å². The number of nitrogens with one attached hydrogen (secondary N) is 2. The molecule has 2 aromatic rings. The largest absolute Gasteiger partial charge is 0.446 e. The second-order valence-electron chi connectivity index (χ2n) is 3.99. The molecule has 0 spiro atoms. The number of hydrogen-bond acceptors (Lipinski definition) is 4. The molecule has 2 N–H and O–H groups in total. The molecule has 0 bridgehead atoms. The van der Waals surface area contributed by atoms with Crippen molar-refractivity contribution in [1.29, 1.82) is 0 Å². The molecule has 0 aliphatic rings. The summed E-state index contributed by atoms with van der Waals surface area (Å²) in [7, 11) is -2.10. The van der Waals surface area contributed by atoms with Gasteiger partial charge in [0.05, 0.1) is 16.7 Å². The van der Waals surface area contributed by atoms with Crippen molar-refractivity contribution >= 4 is 31.6 Å². The minimum absolute atomic E-state index is 0.174. The van der Waals surface area contributed by atoms with Crippen LogP contribution in [0, 0.1) is 5.82 Å². The predicted molar refractivity (Wildman–Crippen MR) is 76.4 cm³/mol. The summed E-state index contributed by atoms with van der Waals surface area (Å²) in [5, 5.41) is 2.66. The van der Waals surface area contributed by atoms with Gasteiger partial charge in [0.25, 0.3) is 10.0 Å². The molecule has 0 aliphatic heterocycles. The summed E-state index contributed by atoms with van der Waals surface area (Å²) in [6.07, 6.45) is 0. The van der Waals surface area contributed by atoms with Crippen LogP contribution in [0.4, 0.5) is 10.1 Å². The normalized spacial score (nSPS) is 11.6. The molecule has 0 saturated carbocycles. The van der Waals surface area contributed by atoms with Crippen LogP contribution in [0.1, 0.15) is 5.76 Å². The van der Waals surface area contributed by atoms with Crippen LogP contribution in [-0.2, 0) is 16.6 Å². The Labute approximate surface area is 124 Å². The summed E-state index contributed by atoms with van der Waals surface area (Å²) in [5.41, 5.74) is 0.241. The zero-order valence-electron chi connectivity index (χ0n) is 10.5. The first kappa shape index (κ1) is 15.0. The predicted octanol–water partition coefficient (Wildman–Crippen LogP) is 2.70. The standard InChI is InChI=1S/C12H12BrFN2O3S/c1-15-7-9-3-5-12(19-9)20(17,18)16-8-2-4-11(14)10(13)6-8/h2-6,15-16H,7H2,1H3. The van der Waals surface area contributed by atoms with E-state index < -0.39 is 15.8 Å². The lowest BCUT2D eigenvalue weighted by Gasteiger charge is -2.06. The Balaban J connectivity index is 2.23. The molecule has 5 nitrogen and oxygen atoms in total. The van der Waals surface area contributed by atoms with E-state index >= 15 is 0 Å². The molecule has 2 rings (SSSR count). The molecule has 1 heterocycles. The fourth-order valence-electron chi connectivity index (χ4n) is 1.54. The average Bonchev–Trinajstić information content (AvgIpc) is 2.83. The van der Waals surface area contributed by atoms with Crippen molar-refractivity contribution < 1.29 is 17.2 Å². The first-order valence-corrected chi connectivity index (χ1v) is 7.91. The number of rotatable bonds is 5. The zero-order valence-corrected chi connectivity index (χ0v) is 12.9. The van der Waals surface area contributed by atoms with Crippen LogP contribution in [0.25, 0.3) is 0 Å². The van der Waals surface area contributed by atoms with Gasteiger partial charge in [-0.25, -0.2) is 4.39 Å². The molecular formula is C12H12BrFN2O3S. The fourth-order valence-corrected chi connectivity index (χ4v) is 2.92. The Kier molecular flexibility index (Phi) is 4.46. The van der Waals surface area contributed by atoms with E-state index in [9.17, 15) is 12.8 Å². The minimum atomic E-state index is -3.83. The highest BCUT2D eigenvalue weighted by Gasteiger charge is 2.19. The second kappa shape index (κ2) is 5.94. The number of halogens is 2. The molecule has 0 radical (unpaired) electrons. The van der Waals surface area contributed by atoms with Gasteiger partial charge in [-0.05, 0) is 53.3 Å². The number of anilines is 1. The van der Waals surface area contributed by atoms with Gasteiger partial charge in [0.2, 0.25) is 5.09 Å². The number of hydrogen-bond donors (Lipinski definition) is 2. The first-order valence-electron chi connectivity index (χ1n) is 5.63. The Morgan fingerprint density at radius 2 is 2.05 bits per heavy atom. The molecule has 1 aromatic carbocycles. The van der Waals surface area contributed by atoms with Crippen LogP contribution in [0.3, 0.4) is 0 Å². The summed E-state index contributed by atoms with van der Waals surface area (Å²) in [6.45, 7) is 0.428. The van der Waals surface area contributed by atoms with E-state index in [1.807, 2.05) is 0 Å². The molecule has 0 aliphatic carbocycles. The maximum atomic E-state index is 13.1. The highest BCUT2D eigenvalue weighted by atomic mass is 79.9. The summed E-state index contributed by atoms with van der Waals surface area (Å²) in [6, 6.07) is 6.77. The van der Waals surface area contributed by atoms with E-state index in [4.69, 9.17) is 4.42 Å². The smallest absolute Gasteiger partial charge is 0.295 e. The monoisotopic (exact) mass is 362 g/mol. The molecule has 0 atom stereocenters. The van der Waals surface area contributed by atoms with Gasteiger partial charge in [-0.1, -0.05) is 0 Å². The Bertz CT molecular complexity index is 715. The minimum Gasteiger partial charge on any atom is -0.446 e. The van der Waals surface area contributed by atoms with E-state index in [1.54, 1.807) is 13.1 Å². The van der Waals surface area contributed by atoms with Crippen molar-refractivity contribution in [3.05, 3.63) is 46.4 Å². The molecule has 8 heteroatoms. The highest BCUT2D eigenvalue weighted by molar-refractivity contribution is 9.10. The lowest BCUT2D eigenvalue weighted by Crippen LogP contribution is -2.12. The van der Waals surface area contributed by atoms with Crippen LogP contribution >= 0.6 is 15.9 Å². The van der Waals surface area contributed by atoms with Gasteiger partial charge in [0.15, 0.2) is 0 Å². The Hall–Kier alpha value is -1.38. The third kappa shape index (κ3) is 3.38. The topological polar surface area (TPSA) is 71.3 Å². The van der Waals surface area contributed by atoms with Gasteiger partial charge in [-0.3, -0.25) is 4.72 Å². The van der Waals surface area contributed by atoms with Crippen LogP contribution in [0.2, 0.25) is 0 Å². The number of benzene rings is 1. The zero-order chi connectivity index (χ0) is 14.8. The van der Waals surface area contributed by atoms with Gasteiger partial charge in [0, 0.05) is 0 Å². The van der Waals surface area contributed by atoms with E-state index in [-0.39, 0.29) is 15.3 Å². The maximum absolute atomic E-state index is 13.1. The molecule has 0 unspecified atom stereocenters. The van der Waals surface area contributed by atoms with Gasteiger partial charge in [-0.15, -0.1) is 0 Å². The van der Waals surface area contributed by atoms with Crippen LogP contribution in [-0.4, -0.2) is 15.5 Å². The fraction of sp³-hybridized carbons (Fsp3) is 0.167. The van der Waals surface area contributed by atoms with Gasteiger partial charge in [0.1, 0.15) is 11.6 Å². The Morgan fingerprint density at radius 3 is 2.70 bits per heavy atom. The summed E-state index contributed by atoms with van der Waals surface area (Å²) in [5.74, 6) is 0.0374. The van der Waals surface area contributed by atoms with Crippen LogP contribution in [0.15, 0.2) is 44.3 Å². The summed E-state index contributed by atoms with van der Waals surface area (Å²) >= 11 is 2.99. The molecule has 108 valence electrons. The van der Waals surface area contributed by atoms with E-state index in [0.717, 1.165) is 6.07 Å². The molecule has 0 amide bonds. The highest BCUT2D eigenvalue weighted by Crippen LogP contribution is 2.23. The maximum Gasteiger partial charge on any atom is 0.295 e. The van der Waals surface area contributed by atoms with Crippen molar-refractivity contribution in [3.8, 4) is 0 Å². The summed E-state index contributed by atoms with van der Waals surface area (Å²) in [4.78, 5) is 0. The van der Waals surface area contributed by atoms with E-state index in [1.165, 1.54) is 18.2 Å². The SMILES string of the molecule is CNCc1ccc(S(=O)(=O)Nc2ccc(F)c(Br)c2)o1. The van der Waals surface area contributed by atoms with Crippen molar-refractivity contribution in [3.63, 3.8) is 0 Å². The third-order valence-electron chi connectivity index (χ3n) is 2.42. The molecule has 0 fully saturated rings. The quantitative estimate of drug-likeness (QED) is 0.857. The first-order chi connectivity index (χ1) is 9.42. The lowest BCUT2D eigenvalue weighted by atomic mass is 10.3. The molecule has 20 heavy (non-hydrogen) atoms. The van der Waals surface area contributed by atoms with E-state index in [0.29, 0.717) is 12.3 Å². The third-order valence-corrected chi connectivity index (χ3v) is 4.29. The number of sulfonamides is 1. The second-order valence-corrected chi connectivity index (χ2v) is 6.45.